The predicted octanol–water partition coefficient (Wildman–Crippen LogP) is 7.40. The molecule has 2 amide bonds. The Kier molecular flexibility index (Phi) is 8.04. The molecule has 5 nitrogen and oxygen atoms in total. The lowest BCUT2D eigenvalue weighted by atomic mass is 9.94. The van der Waals surface area contributed by atoms with Crippen molar-refractivity contribution in [3.63, 3.8) is 0 Å². The highest BCUT2D eigenvalue weighted by molar-refractivity contribution is 6.50. The largest absolute Gasteiger partial charge is 0.399 e. The van der Waals surface area contributed by atoms with E-state index in [1.807, 2.05) is 0 Å². The topological polar surface area (TPSA) is 84.2 Å². The van der Waals surface area contributed by atoms with E-state index in [1.54, 1.807) is 42.5 Å². The highest BCUT2D eigenvalue weighted by Gasteiger charge is 2.37. The van der Waals surface area contributed by atoms with Crippen molar-refractivity contribution >= 4 is 86.9 Å². The van der Waals surface area contributed by atoms with E-state index in [0.29, 0.717) is 32.7 Å². The van der Waals surface area contributed by atoms with Crippen molar-refractivity contribution in [2.45, 2.75) is 17.2 Å². The molecule has 0 heterocycles. The molecule has 10 heteroatoms. The van der Waals surface area contributed by atoms with Crippen LogP contribution in [0, 0.1) is 0 Å². The first kappa shape index (κ1) is 25.5. The van der Waals surface area contributed by atoms with Crippen LogP contribution in [0.15, 0.2) is 60.7 Å². The fourth-order valence-corrected chi connectivity index (χ4v) is 4.42. The quantitative estimate of drug-likeness (QED) is 0.223. The van der Waals surface area contributed by atoms with Crippen LogP contribution in [0.2, 0.25) is 15.1 Å². The molecule has 33 heavy (non-hydrogen) atoms. The van der Waals surface area contributed by atoms with Crippen LogP contribution in [0.4, 0.5) is 17.1 Å². The Balaban J connectivity index is 1.87. The number of halogens is 5. The van der Waals surface area contributed by atoms with Crippen LogP contribution < -0.4 is 16.4 Å². The number of alkyl halides is 2. The van der Waals surface area contributed by atoms with Crippen molar-refractivity contribution in [1.82, 2.24) is 0 Å². The molecule has 1 unspecified atom stereocenters. The van der Waals surface area contributed by atoms with Crippen LogP contribution in [0.1, 0.15) is 28.8 Å². The summed E-state index contributed by atoms with van der Waals surface area (Å²) >= 11 is 31.1. The summed E-state index contributed by atoms with van der Waals surface area (Å²) in [6, 6.07) is 15.9. The number of carbonyl (C=O) groups excluding carboxylic acids is 2. The molecule has 172 valence electrons. The molecule has 0 aliphatic rings. The van der Waals surface area contributed by atoms with Gasteiger partial charge in [0.1, 0.15) is 4.33 Å². The second-order valence-corrected chi connectivity index (χ2v) is 10.4. The van der Waals surface area contributed by atoms with E-state index in [9.17, 15) is 9.59 Å². The molecule has 0 fully saturated rings. The first-order valence-electron chi connectivity index (χ1n) is 9.55. The molecule has 0 saturated heterocycles. The summed E-state index contributed by atoms with van der Waals surface area (Å²) in [5, 5.41) is 6.31. The molecule has 0 aromatic heterocycles. The van der Waals surface area contributed by atoms with Crippen LogP contribution in [0.25, 0.3) is 0 Å². The number of carbonyl (C=O) groups is 2. The van der Waals surface area contributed by atoms with Crippen molar-refractivity contribution in [3.05, 3.63) is 86.9 Å². The molecule has 0 aliphatic carbocycles. The number of nitrogens with one attached hydrogen (secondary N) is 2. The summed E-state index contributed by atoms with van der Waals surface area (Å²) in [5.74, 6) is -2.01. The number of benzene rings is 3. The van der Waals surface area contributed by atoms with Gasteiger partial charge < -0.3 is 16.4 Å². The number of nitrogen functional groups attached to an aromatic ring is 1. The average molecular weight is 546 g/mol. The molecule has 3 aromatic rings. The normalized spacial score (nSPS) is 12.2. The van der Waals surface area contributed by atoms with Gasteiger partial charge in [0, 0.05) is 27.1 Å². The third-order valence-electron chi connectivity index (χ3n) is 4.61. The molecule has 0 bridgehead atoms. The van der Waals surface area contributed by atoms with Gasteiger partial charge in [0.05, 0.1) is 16.5 Å². The van der Waals surface area contributed by atoms with E-state index in [0.717, 1.165) is 0 Å². The summed E-state index contributed by atoms with van der Waals surface area (Å²) in [6.45, 7) is 1.49. The van der Waals surface area contributed by atoms with Crippen LogP contribution in [-0.4, -0.2) is 16.1 Å². The lowest BCUT2D eigenvalue weighted by molar-refractivity contribution is -0.117. The fourth-order valence-electron chi connectivity index (χ4n) is 3.22. The second kappa shape index (κ2) is 10.4. The number of hydrogen-bond donors (Lipinski definition) is 3. The highest BCUT2D eigenvalue weighted by Crippen LogP contribution is 2.40. The molecule has 1 atom stereocenters. The molecule has 3 aromatic carbocycles. The second-order valence-electron chi connectivity index (χ2n) is 7.36. The molecule has 0 aliphatic heterocycles. The maximum atomic E-state index is 13.2. The van der Waals surface area contributed by atoms with Crippen molar-refractivity contribution in [2.24, 2.45) is 0 Å². The van der Waals surface area contributed by atoms with E-state index >= 15 is 0 Å². The van der Waals surface area contributed by atoms with Crippen LogP contribution in [-0.2, 0) is 4.79 Å². The summed E-state index contributed by atoms with van der Waals surface area (Å²) < 4.78 is -1.49. The molecule has 4 N–H and O–H groups in total. The van der Waals surface area contributed by atoms with Gasteiger partial charge in [-0.3, -0.25) is 9.59 Å². The van der Waals surface area contributed by atoms with Crippen molar-refractivity contribution in [2.75, 3.05) is 16.4 Å². The average Bonchev–Trinajstić information content (AvgIpc) is 2.67. The van der Waals surface area contributed by atoms with Gasteiger partial charge >= 0.3 is 0 Å². The molecule has 3 rings (SSSR count). The maximum Gasteiger partial charge on any atom is 0.257 e. The van der Waals surface area contributed by atoms with Crippen molar-refractivity contribution in [1.29, 1.82) is 0 Å². The minimum atomic E-state index is -1.49. The zero-order valence-corrected chi connectivity index (χ0v) is 20.9. The summed E-state index contributed by atoms with van der Waals surface area (Å²) in [5.41, 5.74) is 7.65. The van der Waals surface area contributed by atoms with Gasteiger partial charge in [-0.25, -0.2) is 0 Å². The lowest BCUT2D eigenvalue weighted by Gasteiger charge is -2.26. The lowest BCUT2D eigenvalue weighted by Crippen LogP contribution is -2.32. The van der Waals surface area contributed by atoms with Gasteiger partial charge in [-0.2, -0.15) is 0 Å². The summed E-state index contributed by atoms with van der Waals surface area (Å²) in [7, 11) is 0. The highest BCUT2D eigenvalue weighted by atomic mass is 35.5. The zero-order chi connectivity index (χ0) is 24.3. The van der Waals surface area contributed by atoms with E-state index in [4.69, 9.17) is 63.7 Å². The third-order valence-corrected chi connectivity index (χ3v) is 5.81. The number of hydrogen-bond acceptors (Lipinski definition) is 3. The Labute approximate surface area is 216 Å². The summed E-state index contributed by atoms with van der Waals surface area (Å²) in [4.78, 5) is 25.9. The molecular weight excluding hydrogens is 528 g/mol. The minimum Gasteiger partial charge on any atom is -0.399 e. The molecule has 0 spiro atoms. The number of rotatable bonds is 6. The number of anilines is 3. The van der Waals surface area contributed by atoms with Gasteiger partial charge in [-0.15, -0.1) is 23.2 Å². The van der Waals surface area contributed by atoms with Gasteiger partial charge in [-0.05, 0) is 67.1 Å². The SMILES string of the molecule is CC(Cl)(Cl)C(C(=O)Nc1ccc(Cl)c(C(=O)Nc2cccc(N)c2)c1)c1cc(Cl)cc(Cl)c1. The Bertz CT molecular complexity index is 1190. The van der Waals surface area contributed by atoms with Crippen LogP contribution >= 0.6 is 58.0 Å². The number of amides is 2. The zero-order valence-electron chi connectivity index (χ0n) is 17.1. The van der Waals surface area contributed by atoms with Gasteiger partial charge in [0.25, 0.3) is 5.91 Å². The monoisotopic (exact) mass is 543 g/mol. The standard InChI is InChI=1S/C23H18Cl5N3O2/c1-23(27,28)20(12-7-13(24)9-14(25)8-12)22(33)31-17-5-6-19(26)18(11-17)21(32)30-16-4-2-3-15(29)10-16/h2-11,20H,29H2,1H3,(H,30,32)(H,31,33). The Morgan fingerprint density at radius 2 is 1.52 bits per heavy atom. The summed E-state index contributed by atoms with van der Waals surface area (Å²) in [6.07, 6.45) is 0. The predicted molar refractivity (Wildman–Crippen MR) is 138 cm³/mol. The number of nitrogens with two attached hydrogens (primary N) is 1. The minimum absolute atomic E-state index is 0.152. The van der Waals surface area contributed by atoms with E-state index in [1.165, 1.54) is 25.1 Å². The maximum absolute atomic E-state index is 13.2. The third kappa shape index (κ3) is 6.69. The van der Waals surface area contributed by atoms with Crippen LogP contribution in [0.5, 0.6) is 0 Å². The van der Waals surface area contributed by atoms with Gasteiger partial charge in [0.2, 0.25) is 5.91 Å². The molecule has 0 radical (unpaired) electrons. The Morgan fingerprint density at radius 1 is 0.879 bits per heavy atom. The molecule has 0 saturated carbocycles. The van der Waals surface area contributed by atoms with Crippen molar-refractivity contribution in [3.8, 4) is 0 Å². The molecular formula is C23H18Cl5N3O2. The van der Waals surface area contributed by atoms with E-state index < -0.39 is 22.1 Å². The Morgan fingerprint density at radius 3 is 2.12 bits per heavy atom. The first-order valence-corrected chi connectivity index (χ1v) is 11.4. The first-order chi connectivity index (χ1) is 15.4. The van der Waals surface area contributed by atoms with Gasteiger partial charge in [-0.1, -0.05) is 40.9 Å². The van der Waals surface area contributed by atoms with Gasteiger partial charge in [0.15, 0.2) is 0 Å². The Hall–Kier alpha value is -2.15. The fraction of sp³-hybridized carbons (Fsp3) is 0.130. The van der Waals surface area contributed by atoms with Crippen LogP contribution in [0.3, 0.4) is 0 Å². The van der Waals surface area contributed by atoms with E-state index in [-0.39, 0.29) is 10.6 Å². The van der Waals surface area contributed by atoms with Crippen molar-refractivity contribution < 1.29 is 9.59 Å². The van der Waals surface area contributed by atoms with E-state index in [2.05, 4.69) is 10.6 Å². The smallest absolute Gasteiger partial charge is 0.257 e.